The summed E-state index contributed by atoms with van der Waals surface area (Å²) in [4.78, 5) is 20.6. The van der Waals surface area contributed by atoms with E-state index in [0.717, 1.165) is 42.0 Å². The molecule has 3 aromatic rings. The second-order valence-electron chi connectivity index (χ2n) is 6.74. The van der Waals surface area contributed by atoms with Crippen LogP contribution < -0.4 is 5.56 Å². The van der Waals surface area contributed by atoms with Gasteiger partial charge >= 0.3 is 0 Å². The lowest BCUT2D eigenvalue weighted by Crippen LogP contribution is -2.26. The number of likely N-dealkylation sites (tertiary alicyclic amines) is 1. The molecule has 1 aliphatic rings. The van der Waals surface area contributed by atoms with Gasteiger partial charge in [-0.2, -0.15) is 0 Å². The summed E-state index contributed by atoms with van der Waals surface area (Å²) in [7, 11) is 0. The van der Waals surface area contributed by atoms with E-state index in [4.69, 9.17) is 0 Å². The molecule has 0 N–H and O–H groups in total. The predicted octanol–water partition coefficient (Wildman–Crippen LogP) is 3.77. The van der Waals surface area contributed by atoms with E-state index in [1.165, 1.54) is 23.5 Å². The third-order valence-corrected chi connectivity index (χ3v) is 5.81. The smallest absolute Gasteiger partial charge is 0.262 e. The summed E-state index contributed by atoms with van der Waals surface area (Å²) < 4.78 is 14.9. The SMILES string of the molecule is C=CCN1CCC(Cn2cnc3scc(-c4ccc(F)cc4)c3c2=O)C1. The minimum absolute atomic E-state index is 0.0160. The summed E-state index contributed by atoms with van der Waals surface area (Å²) in [6.07, 6.45) is 4.65. The van der Waals surface area contributed by atoms with Crippen LogP contribution in [0.3, 0.4) is 0 Å². The molecule has 134 valence electrons. The highest BCUT2D eigenvalue weighted by Gasteiger charge is 2.23. The van der Waals surface area contributed by atoms with Crippen LogP contribution in [-0.2, 0) is 6.54 Å². The Morgan fingerprint density at radius 1 is 1.35 bits per heavy atom. The first kappa shape index (κ1) is 17.1. The van der Waals surface area contributed by atoms with Gasteiger partial charge in [-0.25, -0.2) is 9.37 Å². The van der Waals surface area contributed by atoms with Gasteiger partial charge in [0.1, 0.15) is 10.6 Å². The van der Waals surface area contributed by atoms with Gasteiger partial charge < -0.3 is 0 Å². The van der Waals surface area contributed by atoms with Crippen LogP contribution in [0, 0.1) is 11.7 Å². The molecule has 4 rings (SSSR count). The van der Waals surface area contributed by atoms with Gasteiger partial charge in [0.2, 0.25) is 0 Å². The summed E-state index contributed by atoms with van der Waals surface area (Å²) in [6.45, 7) is 7.38. The van der Waals surface area contributed by atoms with Crippen LogP contribution in [0.5, 0.6) is 0 Å². The molecule has 3 heterocycles. The van der Waals surface area contributed by atoms with Crippen molar-refractivity contribution in [3.05, 3.63) is 64.8 Å². The number of halogens is 1. The third kappa shape index (κ3) is 3.22. The van der Waals surface area contributed by atoms with Gasteiger partial charge in [-0.15, -0.1) is 17.9 Å². The van der Waals surface area contributed by atoms with E-state index in [9.17, 15) is 9.18 Å². The Hall–Kier alpha value is -2.31. The maximum Gasteiger partial charge on any atom is 0.262 e. The van der Waals surface area contributed by atoms with E-state index >= 15 is 0 Å². The lowest BCUT2D eigenvalue weighted by molar-refractivity contribution is 0.346. The molecule has 1 aliphatic heterocycles. The minimum atomic E-state index is -0.283. The topological polar surface area (TPSA) is 38.1 Å². The zero-order valence-corrected chi connectivity index (χ0v) is 15.2. The highest BCUT2D eigenvalue weighted by Crippen LogP contribution is 2.30. The number of rotatable bonds is 5. The lowest BCUT2D eigenvalue weighted by Gasteiger charge is -2.14. The Bertz CT molecular complexity index is 992. The maximum absolute atomic E-state index is 13.2. The Morgan fingerprint density at radius 2 is 2.15 bits per heavy atom. The summed E-state index contributed by atoms with van der Waals surface area (Å²) in [5.41, 5.74) is 1.65. The third-order valence-electron chi connectivity index (χ3n) is 4.93. The molecule has 4 nitrogen and oxygen atoms in total. The molecule has 1 atom stereocenters. The Balaban J connectivity index is 1.66. The molecule has 0 spiro atoms. The highest BCUT2D eigenvalue weighted by molar-refractivity contribution is 7.17. The molecule has 6 heteroatoms. The van der Waals surface area contributed by atoms with Gasteiger partial charge in [-0.3, -0.25) is 14.3 Å². The van der Waals surface area contributed by atoms with Crippen LogP contribution in [-0.4, -0.2) is 34.1 Å². The number of benzene rings is 1. The monoisotopic (exact) mass is 369 g/mol. The molecule has 1 saturated heterocycles. The normalized spacial score (nSPS) is 17.8. The first-order chi connectivity index (χ1) is 12.7. The predicted molar refractivity (Wildman–Crippen MR) is 104 cm³/mol. The number of hydrogen-bond donors (Lipinski definition) is 0. The van der Waals surface area contributed by atoms with Crippen molar-refractivity contribution in [3.63, 3.8) is 0 Å². The summed E-state index contributed by atoms with van der Waals surface area (Å²) in [5.74, 6) is 0.161. The van der Waals surface area contributed by atoms with E-state index in [2.05, 4.69) is 16.5 Å². The standard InChI is InChI=1S/C20H20FN3OS/c1-2-8-23-9-7-14(10-23)11-24-13-22-19-18(20(24)25)17(12-26-19)15-3-5-16(21)6-4-15/h2-6,12-14H,1,7-11H2. The van der Waals surface area contributed by atoms with Crippen molar-refractivity contribution in [2.45, 2.75) is 13.0 Å². The highest BCUT2D eigenvalue weighted by atomic mass is 32.1. The van der Waals surface area contributed by atoms with Crippen molar-refractivity contribution >= 4 is 21.6 Å². The molecule has 1 fully saturated rings. The first-order valence-electron chi connectivity index (χ1n) is 8.71. The van der Waals surface area contributed by atoms with Crippen molar-refractivity contribution in [3.8, 4) is 11.1 Å². The van der Waals surface area contributed by atoms with Crippen LogP contribution >= 0.6 is 11.3 Å². The average molecular weight is 369 g/mol. The van der Waals surface area contributed by atoms with Crippen molar-refractivity contribution < 1.29 is 4.39 Å². The number of nitrogens with zero attached hydrogens (tertiary/aromatic N) is 3. The molecule has 0 radical (unpaired) electrons. The van der Waals surface area contributed by atoms with Crippen molar-refractivity contribution in [1.29, 1.82) is 0 Å². The number of aromatic nitrogens is 2. The van der Waals surface area contributed by atoms with E-state index in [-0.39, 0.29) is 11.4 Å². The van der Waals surface area contributed by atoms with Gasteiger partial charge in [-0.1, -0.05) is 18.2 Å². The van der Waals surface area contributed by atoms with Crippen molar-refractivity contribution in [2.75, 3.05) is 19.6 Å². The van der Waals surface area contributed by atoms with Gasteiger partial charge in [0.25, 0.3) is 5.56 Å². The maximum atomic E-state index is 13.2. The second kappa shape index (κ2) is 7.13. The minimum Gasteiger partial charge on any atom is -0.299 e. The number of fused-ring (bicyclic) bond motifs is 1. The van der Waals surface area contributed by atoms with E-state index in [1.807, 2.05) is 11.5 Å². The zero-order chi connectivity index (χ0) is 18.1. The van der Waals surface area contributed by atoms with Crippen LogP contribution in [0.15, 0.2) is 53.4 Å². The van der Waals surface area contributed by atoms with E-state index in [0.29, 0.717) is 17.8 Å². The van der Waals surface area contributed by atoms with Gasteiger partial charge in [-0.05, 0) is 36.6 Å². The zero-order valence-electron chi connectivity index (χ0n) is 14.4. The molecule has 1 aromatic carbocycles. The van der Waals surface area contributed by atoms with Crippen molar-refractivity contribution in [2.24, 2.45) is 5.92 Å². The number of hydrogen-bond acceptors (Lipinski definition) is 4. The molecular formula is C20H20FN3OS. The van der Waals surface area contributed by atoms with Gasteiger partial charge in [0.15, 0.2) is 0 Å². The van der Waals surface area contributed by atoms with E-state index < -0.39 is 0 Å². The summed E-state index contributed by atoms with van der Waals surface area (Å²) in [5, 5.41) is 2.56. The fraction of sp³-hybridized carbons (Fsp3) is 0.300. The van der Waals surface area contributed by atoms with E-state index in [1.54, 1.807) is 23.0 Å². The fourth-order valence-corrected chi connectivity index (χ4v) is 4.53. The molecule has 0 amide bonds. The largest absolute Gasteiger partial charge is 0.299 e. The van der Waals surface area contributed by atoms with Gasteiger partial charge in [0, 0.05) is 30.6 Å². The van der Waals surface area contributed by atoms with Crippen LogP contribution in [0.2, 0.25) is 0 Å². The van der Waals surface area contributed by atoms with Crippen LogP contribution in [0.4, 0.5) is 4.39 Å². The number of thiophene rings is 1. The average Bonchev–Trinajstić information content (AvgIpc) is 3.26. The molecule has 1 unspecified atom stereocenters. The summed E-state index contributed by atoms with van der Waals surface area (Å²) >= 11 is 1.45. The lowest BCUT2D eigenvalue weighted by atomic mass is 10.1. The Morgan fingerprint density at radius 3 is 2.92 bits per heavy atom. The second-order valence-corrected chi connectivity index (χ2v) is 7.60. The van der Waals surface area contributed by atoms with Crippen LogP contribution in [0.25, 0.3) is 21.3 Å². The molecule has 2 aromatic heterocycles. The van der Waals surface area contributed by atoms with Gasteiger partial charge in [0.05, 0.1) is 11.7 Å². The summed E-state index contributed by atoms with van der Waals surface area (Å²) in [6, 6.07) is 6.25. The first-order valence-corrected chi connectivity index (χ1v) is 9.59. The molecule has 0 saturated carbocycles. The Kier molecular flexibility index (Phi) is 4.70. The van der Waals surface area contributed by atoms with Crippen molar-refractivity contribution in [1.82, 2.24) is 14.5 Å². The molecule has 26 heavy (non-hydrogen) atoms. The Labute approximate surface area is 155 Å². The molecule has 0 aliphatic carbocycles. The molecule has 0 bridgehead atoms. The molecular weight excluding hydrogens is 349 g/mol. The quantitative estimate of drug-likeness (QED) is 0.643. The van der Waals surface area contributed by atoms with Crippen LogP contribution in [0.1, 0.15) is 6.42 Å². The fourth-order valence-electron chi connectivity index (χ4n) is 3.63.